The largest absolute Gasteiger partial charge is 0.464 e. The topological polar surface area (TPSA) is 65.0 Å². The smallest absolute Gasteiger partial charge is 0.332 e. The lowest BCUT2D eigenvalue weighted by Crippen LogP contribution is -2.11. The molecule has 0 unspecified atom stereocenters. The van der Waals surface area contributed by atoms with Crippen LogP contribution in [0.15, 0.2) is 0 Å². The average Bonchev–Trinajstić information content (AvgIpc) is 2.25. The fourth-order valence-corrected chi connectivity index (χ4v) is 0.584. The van der Waals surface area contributed by atoms with Crippen LogP contribution in [0, 0.1) is 0 Å². The fourth-order valence-electron chi connectivity index (χ4n) is 0.584. The Labute approximate surface area is 91.3 Å². The first-order valence-electron chi connectivity index (χ1n) is 4.97. The highest BCUT2D eigenvalue weighted by atomic mass is 16.6. The van der Waals surface area contributed by atoms with Crippen LogP contribution in [0.1, 0.15) is 19.8 Å². The van der Waals surface area contributed by atoms with E-state index >= 15 is 0 Å². The third-order valence-electron chi connectivity index (χ3n) is 1.24. The molecule has 0 aromatic rings. The Morgan fingerprint density at radius 2 is 1.87 bits per heavy atom. The lowest BCUT2D eigenvalue weighted by atomic mass is 10.5. The zero-order valence-corrected chi connectivity index (χ0v) is 9.82. The highest BCUT2D eigenvalue weighted by Gasteiger charge is 1.97. The van der Waals surface area contributed by atoms with E-state index in [1.807, 2.05) is 6.92 Å². The summed E-state index contributed by atoms with van der Waals surface area (Å²) in [7, 11) is 3.09. The summed E-state index contributed by atoms with van der Waals surface area (Å²) in [5, 5.41) is 8.12. The summed E-state index contributed by atoms with van der Waals surface area (Å²) >= 11 is 0. The molecule has 0 aromatic heterocycles. The second kappa shape index (κ2) is 15.8. The van der Waals surface area contributed by atoms with Gasteiger partial charge in [-0.05, 0) is 12.8 Å². The molecule has 0 heterocycles. The summed E-state index contributed by atoms with van der Waals surface area (Å²) in [6, 6.07) is 0. The minimum Gasteiger partial charge on any atom is -0.464 e. The van der Waals surface area contributed by atoms with Crippen LogP contribution in [0.5, 0.6) is 0 Å². The predicted molar refractivity (Wildman–Crippen MR) is 56.7 cm³/mol. The van der Waals surface area contributed by atoms with Gasteiger partial charge >= 0.3 is 5.97 Å². The van der Waals surface area contributed by atoms with Crippen molar-refractivity contribution in [2.45, 2.75) is 19.8 Å². The van der Waals surface area contributed by atoms with Gasteiger partial charge in [0.2, 0.25) is 0 Å². The Hall–Kier alpha value is -0.650. The molecular formula is C10H22O5. The van der Waals surface area contributed by atoms with Crippen LogP contribution in [-0.2, 0) is 19.0 Å². The van der Waals surface area contributed by atoms with E-state index in [1.165, 1.54) is 7.11 Å². The molecule has 0 aliphatic carbocycles. The molecular weight excluding hydrogens is 200 g/mol. The Morgan fingerprint density at radius 3 is 2.20 bits per heavy atom. The van der Waals surface area contributed by atoms with Crippen molar-refractivity contribution in [2.24, 2.45) is 0 Å². The van der Waals surface area contributed by atoms with Crippen LogP contribution >= 0.6 is 0 Å². The number of carbonyl (C=O) groups is 1. The summed E-state index contributed by atoms with van der Waals surface area (Å²) in [6.07, 6.45) is 1.60. The van der Waals surface area contributed by atoms with E-state index in [0.29, 0.717) is 13.2 Å². The molecule has 0 saturated heterocycles. The lowest BCUT2D eigenvalue weighted by molar-refractivity contribution is -0.147. The van der Waals surface area contributed by atoms with Crippen molar-refractivity contribution in [2.75, 3.05) is 40.6 Å². The zero-order valence-electron chi connectivity index (χ0n) is 9.82. The molecule has 0 bridgehead atoms. The minimum absolute atomic E-state index is 0.0556. The van der Waals surface area contributed by atoms with Crippen molar-refractivity contribution in [3.05, 3.63) is 0 Å². The van der Waals surface area contributed by atoms with Crippen LogP contribution in [0.25, 0.3) is 0 Å². The van der Waals surface area contributed by atoms with E-state index in [2.05, 4.69) is 14.2 Å². The molecule has 15 heavy (non-hydrogen) atoms. The Morgan fingerprint density at radius 1 is 1.20 bits per heavy atom. The highest BCUT2D eigenvalue weighted by molar-refractivity contribution is 5.70. The number of aliphatic hydroxyl groups excluding tert-OH is 1. The van der Waals surface area contributed by atoms with Gasteiger partial charge in [-0.3, -0.25) is 0 Å². The van der Waals surface area contributed by atoms with E-state index in [9.17, 15) is 4.79 Å². The van der Waals surface area contributed by atoms with Gasteiger partial charge in [0.25, 0.3) is 0 Å². The summed E-state index contributed by atoms with van der Waals surface area (Å²) in [5.74, 6) is -0.292. The third-order valence-corrected chi connectivity index (χ3v) is 1.24. The summed E-state index contributed by atoms with van der Waals surface area (Å²) in [6.45, 7) is 3.38. The third kappa shape index (κ3) is 19.7. The number of hydrogen-bond acceptors (Lipinski definition) is 5. The quantitative estimate of drug-likeness (QED) is 0.505. The number of esters is 1. The number of hydrogen-bond donors (Lipinski definition) is 1. The predicted octanol–water partition coefficient (Wildman–Crippen LogP) is 0.601. The number of methoxy groups -OCH3 is 2. The number of rotatable bonds is 7. The van der Waals surface area contributed by atoms with Gasteiger partial charge in [-0.2, -0.15) is 0 Å². The van der Waals surface area contributed by atoms with E-state index in [0.717, 1.165) is 12.8 Å². The van der Waals surface area contributed by atoms with Gasteiger partial charge in [0.1, 0.15) is 6.61 Å². The summed E-state index contributed by atoms with van der Waals surface area (Å²) in [4.78, 5) is 10.5. The van der Waals surface area contributed by atoms with Crippen LogP contribution in [0.2, 0.25) is 0 Å². The maximum Gasteiger partial charge on any atom is 0.332 e. The first kappa shape index (κ1) is 16.8. The molecule has 0 saturated carbocycles. The van der Waals surface area contributed by atoms with Crippen LogP contribution < -0.4 is 0 Å². The molecule has 0 rings (SSSR count). The molecule has 0 aliphatic rings. The van der Waals surface area contributed by atoms with Crippen molar-refractivity contribution in [1.29, 1.82) is 0 Å². The van der Waals surface area contributed by atoms with Crippen molar-refractivity contribution >= 4 is 5.97 Å². The standard InChI is InChI=1S/C6H12O3.C4H10O2/c1-3-4-9-6(7)5-8-2;1-6-4-2-3-5/h3-5H2,1-2H3;5H,2-4H2,1H3. The van der Waals surface area contributed by atoms with Crippen molar-refractivity contribution < 1.29 is 24.1 Å². The summed E-state index contributed by atoms with van der Waals surface area (Å²) in [5.41, 5.74) is 0. The number of ether oxygens (including phenoxy) is 3. The number of aliphatic hydroxyl groups is 1. The maximum absolute atomic E-state index is 10.5. The normalized spacial score (nSPS) is 9.07. The first-order valence-corrected chi connectivity index (χ1v) is 4.97. The van der Waals surface area contributed by atoms with Crippen LogP contribution in [0.3, 0.4) is 0 Å². The van der Waals surface area contributed by atoms with E-state index in [1.54, 1.807) is 7.11 Å². The molecule has 1 N–H and O–H groups in total. The van der Waals surface area contributed by atoms with E-state index in [-0.39, 0.29) is 19.2 Å². The molecule has 0 aromatic carbocycles. The second-order valence-electron chi connectivity index (χ2n) is 2.72. The van der Waals surface area contributed by atoms with Crippen LogP contribution in [-0.4, -0.2) is 51.7 Å². The Bertz CT molecular complexity index is 123. The molecule has 5 heteroatoms. The van der Waals surface area contributed by atoms with Crippen molar-refractivity contribution in [3.63, 3.8) is 0 Å². The van der Waals surface area contributed by atoms with Gasteiger partial charge in [0.05, 0.1) is 6.61 Å². The highest BCUT2D eigenvalue weighted by Crippen LogP contribution is 1.81. The molecule has 5 nitrogen and oxygen atoms in total. The average molecular weight is 222 g/mol. The second-order valence-corrected chi connectivity index (χ2v) is 2.72. The molecule has 0 radical (unpaired) electrons. The lowest BCUT2D eigenvalue weighted by Gasteiger charge is -1.99. The molecule has 0 spiro atoms. The molecule has 92 valence electrons. The van der Waals surface area contributed by atoms with Crippen LogP contribution in [0.4, 0.5) is 0 Å². The SMILES string of the molecule is CCCOC(=O)COC.COCCCO. The van der Waals surface area contributed by atoms with Gasteiger partial charge in [-0.15, -0.1) is 0 Å². The fraction of sp³-hybridized carbons (Fsp3) is 0.900. The maximum atomic E-state index is 10.5. The van der Waals surface area contributed by atoms with Gasteiger partial charge in [-0.25, -0.2) is 4.79 Å². The zero-order chi connectivity index (χ0) is 11.9. The van der Waals surface area contributed by atoms with Crippen molar-refractivity contribution in [3.8, 4) is 0 Å². The molecule has 0 fully saturated rings. The minimum atomic E-state index is -0.292. The van der Waals surface area contributed by atoms with E-state index < -0.39 is 0 Å². The molecule has 0 amide bonds. The molecule has 0 aliphatic heterocycles. The number of carbonyl (C=O) groups excluding carboxylic acids is 1. The van der Waals surface area contributed by atoms with Gasteiger partial charge in [-0.1, -0.05) is 6.92 Å². The van der Waals surface area contributed by atoms with Crippen molar-refractivity contribution in [1.82, 2.24) is 0 Å². The Balaban J connectivity index is 0. The molecule has 0 atom stereocenters. The van der Waals surface area contributed by atoms with Gasteiger partial charge in [0, 0.05) is 27.4 Å². The first-order chi connectivity index (χ1) is 7.22. The monoisotopic (exact) mass is 222 g/mol. The Kier molecular flexibility index (Phi) is 17.7. The van der Waals surface area contributed by atoms with Gasteiger partial charge < -0.3 is 19.3 Å². The van der Waals surface area contributed by atoms with E-state index in [4.69, 9.17) is 5.11 Å². The summed E-state index contributed by atoms with van der Waals surface area (Å²) < 4.78 is 13.8. The van der Waals surface area contributed by atoms with Gasteiger partial charge in [0.15, 0.2) is 0 Å².